The van der Waals surface area contributed by atoms with Gasteiger partial charge in [-0.1, -0.05) is 0 Å². The lowest BCUT2D eigenvalue weighted by atomic mass is 10.2. The first kappa shape index (κ1) is 16.7. The first-order chi connectivity index (χ1) is 9.51. The number of ether oxygens (including phenoxy) is 2. The molecule has 1 rings (SSSR count). The van der Waals surface area contributed by atoms with Crippen molar-refractivity contribution in [1.29, 1.82) is 0 Å². The van der Waals surface area contributed by atoms with Crippen LogP contribution in [0.3, 0.4) is 0 Å². The molecular weight excluding hydrogens is 278 g/mol. The Balaban J connectivity index is 2.65. The van der Waals surface area contributed by atoms with Crippen molar-refractivity contribution in [2.45, 2.75) is 26.6 Å². The second-order valence-electron chi connectivity index (χ2n) is 3.90. The van der Waals surface area contributed by atoms with Crippen LogP contribution in [0.5, 0.6) is 0 Å². The summed E-state index contributed by atoms with van der Waals surface area (Å²) in [6, 6.07) is 0.166. The van der Waals surface area contributed by atoms with Crippen molar-refractivity contribution in [3.05, 3.63) is 29.3 Å². The molecule has 0 aliphatic carbocycles. The molecule has 1 aromatic carbocycles. The van der Waals surface area contributed by atoms with E-state index in [1.165, 1.54) is 0 Å². The van der Waals surface area contributed by atoms with E-state index in [0.29, 0.717) is 13.2 Å². The van der Waals surface area contributed by atoms with Crippen LogP contribution in [0, 0.1) is 23.3 Å². The molecule has 7 heteroatoms. The van der Waals surface area contributed by atoms with Crippen LogP contribution in [0.2, 0.25) is 0 Å². The highest BCUT2D eigenvalue weighted by atomic mass is 19.2. The van der Waals surface area contributed by atoms with E-state index in [1.807, 2.05) is 0 Å². The predicted molar refractivity (Wildman–Crippen MR) is 66.4 cm³/mol. The van der Waals surface area contributed by atoms with Crippen molar-refractivity contribution in [1.82, 2.24) is 0 Å². The third-order valence-corrected chi connectivity index (χ3v) is 2.50. The predicted octanol–water partition coefficient (Wildman–Crippen LogP) is 3.44. The normalized spacial score (nSPS) is 11.2. The molecule has 0 spiro atoms. The third kappa shape index (κ3) is 4.35. The van der Waals surface area contributed by atoms with Gasteiger partial charge in [-0.15, -0.1) is 0 Å². The molecule has 0 atom stereocenters. The Hall–Kier alpha value is -1.34. The molecule has 0 amide bonds. The Bertz CT molecular complexity index is 411. The Morgan fingerprint density at radius 1 is 1.00 bits per heavy atom. The number of hydrogen-bond acceptors (Lipinski definition) is 3. The fraction of sp³-hybridized carbons (Fsp3) is 0.538. The molecule has 1 N–H and O–H groups in total. The van der Waals surface area contributed by atoms with Crippen LogP contribution < -0.4 is 5.32 Å². The lowest BCUT2D eigenvalue weighted by molar-refractivity contribution is -0.137. The van der Waals surface area contributed by atoms with Gasteiger partial charge in [-0.05, 0) is 13.8 Å². The first-order valence-corrected chi connectivity index (χ1v) is 6.31. The van der Waals surface area contributed by atoms with Gasteiger partial charge in [0.1, 0.15) is 5.69 Å². The smallest absolute Gasteiger partial charge is 0.185 e. The van der Waals surface area contributed by atoms with E-state index in [9.17, 15) is 17.6 Å². The number of rotatable bonds is 8. The number of benzene rings is 1. The first-order valence-electron chi connectivity index (χ1n) is 6.31. The summed E-state index contributed by atoms with van der Waals surface area (Å²) in [5, 5.41) is 2.32. The van der Waals surface area contributed by atoms with Crippen LogP contribution in [0.25, 0.3) is 0 Å². The van der Waals surface area contributed by atoms with Gasteiger partial charge in [0.05, 0.1) is 0 Å². The molecule has 0 bridgehead atoms. The van der Waals surface area contributed by atoms with Crippen molar-refractivity contribution in [3.63, 3.8) is 0 Å². The molecule has 3 nitrogen and oxygen atoms in total. The van der Waals surface area contributed by atoms with Crippen LogP contribution in [-0.4, -0.2) is 26.0 Å². The maximum Gasteiger partial charge on any atom is 0.185 e. The summed E-state index contributed by atoms with van der Waals surface area (Å²) in [5.74, 6) is -5.79. The Morgan fingerprint density at radius 3 is 1.95 bits per heavy atom. The topological polar surface area (TPSA) is 30.5 Å². The molecule has 0 fully saturated rings. The maximum absolute atomic E-state index is 13.4. The highest BCUT2D eigenvalue weighted by Gasteiger charge is 2.19. The van der Waals surface area contributed by atoms with Crippen molar-refractivity contribution in [2.75, 3.05) is 25.1 Å². The molecule has 20 heavy (non-hydrogen) atoms. The maximum atomic E-state index is 13.4. The van der Waals surface area contributed by atoms with E-state index in [2.05, 4.69) is 5.32 Å². The van der Waals surface area contributed by atoms with E-state index in [-0.39, 0.29) is 19.0 Å². The van der Waals surface area contributed by atoms with E-state index < -0.39 is 35.2 Å². The van der Waals surface area contributed by atoms with Gasteiger partial charge in [-0.2, -0.15) is 0 Å². The van der Waals surface area contributed by atoms with Crippen LogP contribution in [0.1, 0.15) is 20.3 Å². The highest BCUT2D eigenvalue weighted by molar-refractivity contribution is 5.47. The van der Waals surface area contributed by atoms with Gasteiger partial charge >= 0.3 is 0 Å². The summed E-state index contributed by atoms with van der Waals surface area (Å²) in [6.07, 6.45) is -0.263. The molecule has 0 saturated heterocycles. The lowest BCUT2D eigenvalue weighted by Gasteiger charge is -2.17. The zero-order chi connectivity index (χ0) is 15.1. The Morgan fingerprint density at radius 2 is 1.50 bits per heavy atom. The molecule has 1 aromatic rings. The van der Waals surface area contributed by atoms with E-state index >= 15 is 0 Å². The minimum atomic E-state index is -1.45. The summed E-state index contributed by atoms with van der Waals surface area (Å²) >= 11 is 0. The molecule has 0 saturated carbocycles. The summed E-state index contributed by atoms with van der Waals surface area (Å²) in [7, 11) is 0. The van der Waals surface area contributed by atoms with Gasteiger partial charge < -0.3 is 14.8 Å². The highest BCUT2D eigenvalue weighted by Crippen LogP contribution is 2.24. The number of nitrogens with one attached hydrogen (secondary N) is 1. The summed E-state index contributed by atoms with van der Waals surface area (Å²) in [6.45, 7) is 4.44. The minimum Gasteiger partial charge on any atom is -0.380 e. The van der Waals surface area contributed by atoms with Crippen LogP contribution >= 0.6 is 0 Å². The number of hydrogen-bond donors (Lipinski definition) is 1. The standard InChI is InChI=1S/C13H17F4NO2/c1-3-19-10(20-4-2)5-6-18-13-11(16)8(14)7-9(15)12(13)17/h7,10,18H,3-6H2,1-2H3. The second-order valence-corrected chi connectivity index (χ2v) is 3.90. The average molecular weight is 295 g/mol. The van der Waals surface area contributed by atoms with Gasteiger partial charge in [-0.3, -0.25) is 0 Å². The van der Waals surface area contributed by atoms with E-state index in [4.69, 9.17) is 9.47 Å². The lowest BCUT2D eigenvalue weighted by Crippen LogP contribution is -2.21. The zero-order valence-electron chi connectivity index (χ0n) is 11.3. The fourth-order valence-corrected chi connectivity index (χ4v) is 1.63. The molecular formula is C13H17F4NO2. The molecule has 0 aliphatic heterocycles. The van der Waals surface area contributed by atoms with Crippen LogP contribution in [-0.2, 0) is 9.47 Å². The zero-order valence-corrected chi connectivity index (χ0v) is 11.3. The molecule has 114 valence electrons. The fourth-order valence-electron chi connectivity index (χ4n) is 1.63. The molecule has 0 heterocycles. The number of anilines is 1. The summed E-state index contributed by atoms with van der Waals surface area (Å²) in [4.78, 5) is 0. The summed E-state index contributed by atoms with van der Waals surface area (Å²) < 4.78 is 63.1. The quantitative estimate of drug-likeness (QED) is 0.453. The van der Waals surface area contributed by atoms with Crippen molar-refractivity contribution in [3.8, 4) is 0 Å². The Labute approximate surface area is 114 Å². The largest absolute Gasteiger partial charge is 0.380 e. The van der Waals surface area contributed by atoms with Gasteiger partial charge in [0.25, 0.3) is 0 Å². The van der Waals surface area contributed by atoms with Gasteiger partial charge in [0.15, 0.2) is 29.6 Å². The van der Waals surface area contributed by atoms with Crippen molar-refractivity contribution < 1.29 is 27.0 Å². The monoisotopic (exact) mass is 295 g/mol. The van der Waals surface area contributed by atoms with Crippen molar-refractivity contribution >= 4 is 5.69 Å². The van der Waals surface area contributed by atoms with E-state index in [0.717, 1.165) is 0 Å². The molecule has 0 aromatic heterocycles. The number of halogens is 4. The minimum absolute atomic E-state index is 0.0431. The van der Waals surface area contributed by atoms with E-state index in [1.54, 1.807) is 13.8 Å². The molecule has 0 unspecified atom stereocenters. The summed E-state index contributed by atoms with van der Waals surface area (Å²) in [5.41, 5.74) is -0.825. The Kier molecular flexibility index (Phi) is 6.74. The van der Waals surface area contributed by atoms with Gasteiger partial charge in [-0.25, -0.2) is 17.6 Å². The van der Waals surface area contributed by atoms with Gasteiger partial charge in [0, 0.05) is 32.2 Å². The molecule has 0 radical (unpaired) electrons. The van der Waals surface area contributed by atoms with Crippen molar-refractivity contribution in [2.24, 2.45) is 0 Å². The third-order valence-electron chi connectivity index (χ3n) is 2.50. The van der Waals surface area contributed by atoms with Crippen LogP contribution in [0.15, 0.2) is 6.07 Å². The average Bonchev–Trinajstić information content (AvgIpc) is 2.41. The van der Waals surface area contributed by atoms with Crippen LogP contribution in [0.4, 0.5) is 23.2 Å². The SMILES string of the molecule is CCOC(CCNc1c(F)c(F)cc(F)c1F)OCC. The van der Waals surface area contributed by atoms with Gasteiger partial charge in [0.2, 0.25) is 0 Å². The molecule has 0 aliphatic rings. The second kappa shape index (κ2) is 8.06.